The van der Waals surface area contributed by atoms with Crippen molar-refractivity contribution >= 4 is 22.0 Å². The van der Waals surface area contributed by atoms with E-state index in [9.17, 15) is 4.79 Å². The van der Waals surface area contributed by atoms with Gasteiger partial charge in [-0.2, -0.15) is 0 Å². The van der Waals surface area contributed by atoms with Crippen LogP contribution in [0.4, 0.5) is 4.79 Å². The molecule has 0 aliphatic carbocycles. The lowest BCUT2D eigenvalue weighted by Gasteiger charge is -2.36. The van der Waals surface area contributed by atoms with Crippen LogP contribution >= 0.6 is 15.9 Å². The Morgan fingerprint density at radius 3 is 2.90 bits per heavy atom. The fourth-order valence-electron chi connectivity index (χ4n) is 2.00. The van der Waals surface area contributed by atoms with Crippen LogP contribution in [0.15, 0.2) is 22.8 Å². The van der Waals surface area contributed by atoms with Crippen molar-refractivity contribution in [3.63, 3.8) is 0 Å². The van der Waals surface area contributed by atoms with Gasteiger partial charge in [-0.25, -0.2) is 9.78 Å². The maximum Gasteiger partial charge on any atom is 0.411 e. The standard InChI is InChI=1S/C14H19BrN2O3/c1-14(2,3)20-13(18)17-7-8-19-9-11(17)10-5-4-6-12(15)16-10/h4-6,11H,7-9H2,1-3H3/t11-/m1/s1. The van der Waals surface area contributed by atoms with E-state index in [-0.39, 0.29) is 12.1 Å². The fraction of sp³-hybridized carbons (Fsp3) is 0.571. The number of ether oxygens (including phenoxy) is 2. The predicted molar refractivity (Wildman–Crippen MR) is 78.4 cm³/mol. The number of carbonyl (C=O) groups is 1. The van der Waals surface area contributed by atoms with E-state index in [4.69, 9.17) is 9.47 Å². The van der Waals surface area contributed by atoms with Gasteiger partial charge in [-0.1, -0.05) is 6.07 Å². The van der Waals surface area contributed by atoms with Crippen LogP contribution in [0.2, 0.25) is 0 Å². The van der Waals surface area contributed by atoms with E-state index < -0.39 is 5.60 Å². The van der Waals surface area contributed by atoms with Crippen molar-refractivity contribution in [1.82, 2.24) is 9.88 Å². The van der Waals surface area contributed by atoms with Crippen molar-refractivity contribution in [3.05, 3.63) is 28.5 Å². The highest BCUT2D eigenvalue weighted by Gasteiger charge is 2.32. The molecule has 1 atom stereocenters. The molecule has 0 spiro atoms. The van der Waals surface area contributed by atoms with Crippen LogP contribution in [0.3, 0.4) is 0 Å². The van der Waals surface area contributed by atoms with Crippen LogP contribution in [-0.2, 0) is 9.47 Å². The summed E-state index contributed by atoms with van der Waals surface area (Å²) in [5, 5.41) is 0. The fourth-order valence-corrected chi connectivity index (χ4v) is 2.35. The highest BCUT2D eigenvalue weighted by atomic mass is 79.9. The molecule has 110 valence electrons. The zero-order chi connectivity index (χ0) is 14.8. The Labute approximate surface area is 127 Å². The van der Waals surface area contributed by atoms with Crippen molar-refractivity contribution in [1.29, 1.82) is 0 Å². The summed E-state index contributed by atoms with van der Waals surface area (Å²) in [5.41, 5.74) is 0.287. The van der Waals surface area contributed by atoms with E-state index in [1.54, 1.807) is 4.90 Å². The van der Waals surface area contributed by atoms with Crippen molar-refractivity contribution in [2.75, 3.05) is 19.8 Å². The first-order chi connectivity index (χ1) is 9.37. The molecule has 6 heteroatoms. The van der Waals surface area contributed by atoms with Gasteiger partial charge in [0.25, 0.3) is 0 Å². The Morgan fingerprint density at radius 2 is 2.25 bits per heavy atom. The first-order valence-electron chi connectivity index (χ1n) is 6.56. The second kappa shape index (κ2) is 6.10. The summed E-state index contributed by atoms with van der Waals surface area (Å²) < 4.78 is 11.7. The molecular weight excluding hydrogens is 324 g/mol. The molecule has 20 heavy (non-hydrogen) atoms. The van der Waals surface area contributed by atoms with E-state index in [1.807, 2.05) is 39.0 Å². The maximum absolute atomic E-state index is 12.3. The van der Waals surface area contributed by atoms with Gasteiger partial charge in [-0.3, -0.25) is 4.90 Å². The van der Waals surface area contributed by atoms with Crippen LogP contribution in [0.25, 0.3) is 0 Å². The molecule has 1 fully saturated rings. The molecule has 1 aromatic heterocycles. The third-order valence-corrected chi connectivity index (χ3v) is 3.28. The van der Waals surface area contributed by atoms with Gasteiger partial charge in [0.1, 0.15) is 16.2 Å². The third-order valence-electron chi connectivity index (χ3n) is 2.83. The Hall–Kier alpha value is -1.14. The van der Waals surface area contributed by atoms with Crippen molar-refractivity contribution in [3.8, 4) is 0 Å². The number of rotatable bonds is 1. The van der Waals surface area contributed by atoms with Crippen molar-refractivity contribution < 1.29 is 14.3 Å². The number of carbonyl (C=O) groups excluding carboxylic acids is 1. The molecule has 2 rings (SSSR count). The van der Waals surface area contributed by atoms with Crippen LogP contribution < -0.4 is 0 Å². The highest BCUT2D eigenvalue weighted by molar-refractivity contribution is 9.10. The molecule has 0 unspecified atom stereocenters. The maximum atomic E-state index is 12.3. The summed E-state index contributed by atoms with van der Waals surface area (Å²) in [6.07, 6.45) is -0.326. The molecule has 0 radical (unpaired) electrons. The van der Waals surface area contributed by atoms with Gasteiger partial charge >= 0.3 is 6.09 Å². The minimum Gasteiger partial charge on any atom is -0.444 e. The number of aromatic nitrogens is 1. The number of amides is 1. The van der Waals surface area contributed by atoms with E-state index in [1.165, 1.54) is 0 Å². The zero-order valence-corrected chi connectivity index (χ0v) is 13.5. The van der Waals surface area contributed by atoms with Gasteiger partial charge in [-0.15, -0.1) is 0 Å². The third kappa shape index (κ3) is 3.93. The number of hydrogen-bond donors (Lipinski definition) is 0. The topological polar surface area (TPSA) is 51.7 Å². The summed E-state index contributed by atoms with van der Waals surface area (Å²) in [5.74, 6) is 0. The molecule has 0 saturated carbocycles. The molecule has 1 aromatic rings. The Bertz CT molecular complexity index is 488. The lowest BCUT2D eigenvalue weighted by Crippen LogP contribution is -2.46. The Balaban J connectivity index is 2.19. The second-order valence-corrected chi connectivity index (χ2v) is 6.46. The zero-order valence-electron chi connectivity index (χ0n) is 11.9. The Morgan fingerprint density at radius 1 is 1.50 bits per heavy atom. The lowest BCUT2D eigenvalue weighted by molar-refractivity contribution is -0.0340. The minimum atomic E-state index is -0.509. The van der Waals surface area contributed by atoms with Gasteiger partial charge in [0, 0.05) is 6.54 Å². The molecule has 0 bridgehead atoms. The van der Waals surface area contributed by atoms with Crippen LogP contribution in [0, 0.1) is 0 Å². The average molecular weight is 343 g/mol. The van der Waals surface area contributed by atoms with Gasteiger partial charge < -0.3 is 9.47 Å². The predicted octanol–water partition coefficient (Wildman–Crippen LogP) is 3.15. The number of nitrogens with zero attached hydrogens (tertiary/aromatic N) is 2. The van der Waals surface area contributed by atoms with Crippen LogP contribution in [0.5, 0.6) is 0 Å². The first-order valence-corrected chi connectivity index (χ1v) is 7.36. The smallest absolute Gasteiger partial charge is 0.411 e. The van der Waals surface area contributed by atoms with Gasteiger partial charge in [0.05, 0.1) is 18.9 Å². The second-order valence-electron chi connectivity index (χ2n) is 5.65. The van der Waals surface area contributed by atoms with E-state index in [2.05, 4.69) is 20.9 Å². The number of halogens is 1. The summed E-state index contributed by atoms with van der Waals surface area (Å²) in [6, 6.07) is 5.43. The normalized spacial score (nSPS) is 19.8. The summed E-state index contributed by atoms with van der Waals surface area (Å²) in [7, 11) is 0. The largest absolute Gasteiger partial charge is 0.444 e. The molecule has 1 saturated heterocycles. The molecule has 2 heterocycles. The lowest BCUT2D eigenvalue weighted by atomic mass is 10.1. The van der Waals surface area contributed by atoms with Gasteiger partial charge in [0.2, 0.25) is 0 Å². The Kier molecular flexibility index (Phi) is 4.65. The van der Waals surface area contributed by atoms with E-state index in [0.717, 1.165) is 10.3 Å². The molecule has 1 aliphatic rings. The monoisotopic (exact) mass is 342 g/mol. The van der Waals surface area contributed by atoms with Gasteiger partial charge in [0.15, 0.2) is 0 Å². The summed E-state index contributed by atoms with van der Waals surface area (Å²) >= 11 is 3.35. The quantitative estimate of drug-likeness (QED) is 0.735. The van der Waals surface area contributed by atoms with E-state index >= 15 is 0 Å². The molecule has 0 N–H and O–H groups in total. The molecule has 5 nitrogen and oxygen atoms in total. The molecule has 1 aliphatic heterocycles. The first kappa shape index (κ1) is 15.3. The highest BCUT2D eigenvalue weighted by Crippen LogP contribution is 2.25. The number of pyridine rings is 1. The SMILES string of the molecule is CC(C)(C)OC(=O)N1CCOC[C@@H]1c1cccc(Br)n1. The molecule has 1 amide bonds. The van der Waals surface area contributed by atoms with E-state index in [0.29, 0.717) is 19.8 Å². The number of hydrogen-bond acceptors (Lipinski definition) is 4. The molecule has 0 aromatic carbocycles. The average Bonchev–Trinajstić information content (AvgIpc) is 2.37. The molecular formula is C14H19BrN2O3. The summed E-state index contributed by atoms with van der Waals surface area (Å²) in [6.45, 7) is 7.04. The summed E-state index contributed by atoms with van der Waals surface area (Å²) in [4.78, 5) is 18.4. The van der Waals surface area contributed by atoms with Crippen molar-refractivity contribution in [2.24, 2.45) is 0 Å². The van der Waals surface area contributed by atoms with Crippen LogP contribution in [0.1, 0.15) is 32.5 Å². The minimum absolute atomic E-state index is 0.212. The van der Waals surface area contributed by atoms with Crippen LogP contribution in [-0.4, -0.2) is 41.3 Å². The number of morpholine rings is 1. The van der Waals surface area contributed by atoms with Crippen molar-refractivity contribution in [2.45, 2.75) is 32.4 Å². The van der Waals surface area contributed by atoms with Gasteiger partial charge in [-0.05, 0) is 48.8 Å².